The van der Waals surface area contributed by atoms with Crippen LogP contribution in [0.1, 0.15) is 12.5 Å². The molecule has 0 unspecified atom stereocenters. The van der Waals surface area contributed by atoms with E-state index < -0.39 is 0 Å². The Morgan fingerprint density at radius 1 is 1.37 bits per heavy atom. The molecule has 3 heterocycles. The van der Waals surface area contributed by atoms with Gasteiger partial charge in [0.25, 0.3) is 0 Å². The van der Waals surface area contributed by atoms with Crippen LogP contribution >= 0.6 is 23.1 Å². The van der Waals surface area contributed by atoms with Crippen LogP contribution in [0, 0.1) is 5.82 Å². The summed E-state index contributed by atoms with van der Waals surface area (Å²) < 4.78 is 15.5. The smallest absolute Gasteiger partial charge is 0.230 e. The van der Waals surface area contributed by atoms with Gasteiger partial charge >= 0.3 is 0 Å². The fourth-order valence-electron chi connectivity index (χ4n) is 3.21. The maximum atomic E-state index is 15.5. The molecule has 4 rings (SSSR count). The van der Waals surface area contributed by atoms with E-state index in [1.54, 1.807) is 25.4 Å². The van der Waals surface area contributed by atoms with Crippen molar-refractivity contribution in [3.8, 4) is 11.3 Å². The molecule has 4 aromatic rings. The molecule has 2 amide bonds. The van der Waals surface area contributed by atoms with E-state index in [9.17, 15) is 9.59 Å². The van der Waals surface area contributed by atoms with Crippen LogP contribution in [0.15, 0.2) is 23.2 Å². The second kappa shape index (κ2) is 8.36. The summed E-state index contributed by atoms with van der Waals surface area (Å²) in [5, 5.41) is 13.2. The number of hydrogen-bond donors (Lipinski definition) is 3. The van der Waals surface area contributed by atoms with E-state index >= 15 is 4.39 Å². The van der Waals surface area contributed by atoms with Gasteiger partial charge in [-0.1, -0.05) is 18.3 Å². The Balaban J connectivity index is 1.88. The van der Waals surface area contributed by atoms with Gasteiger partial charge in [-0.05, 0) is 24.1 Å². The Bertz CT molecular complexity index is 1270. The van der Waals surface area contributed by atoms with Gasteiger partial charge in [-0.25, -0.2) is 14.4 Å². The molecule has 0 aliphatic rings. The van der Waals surface area contributed by atoms with Gasteiger partial charge in [0.1, 0.15) is 16.2 Å². The predicted octanol–water partition coefficient (Wildman–Crippen LogP) is 3.34. The molecule has 0 radical (unpaired) electrons. The highest BCUT2D eigenvalue weighted by Crippen LogP contribution is 2.40. The molecule has 0 aliphatic carbocycles. The number of carbonyl (C=O) groups excluding carboxylic acids is 2. The molecule has 0 atom stereocenters. The lowest BCUT2D eigenvalue weighted by molar-refractivity contribution is -0.118. The van der Waals surface area contributed by atoms with Crippen LogP contribution in [0.3, 0.4) is 0 Å². The lowest BCUT2D eigenvalue weighted by Gasteiger charge is -2.14. The minimum atomic E-state index is -0.382. The van der Waals surface area contributed by atoms with Gasteiger partial charge in [0.15, 0.2) is 5.13 Å². The van der Waals surface area contributed by atoms with Crippen LogP contribution in [-0.2, 0) is 16.0 Å². The normalized spacial score (nSPS) is 11.2. The summed E-state index contributed by atoms with van der Waals surface area (Å²) in [6.45, 7) is 1.87. The molecule has 1 aromatic carbocycles. The largest absolute Gasteiger partial charge is 0.358 e. The second-order valence-electron chi connectivity index (χ2n) is 6.27. The molecule has 8 nitrogen and oxygen atoms in total. The highest BCUT2D eigenvalue weighted by Gasteiger charge is 2.23. The number of hydrogen-bond acceptors (Lipinski definition) is 7. The molecule has 3 N–H and O–H groups in total. The number of aromatic nitrogens is 4. The number of pyridine rings is 1. The van der Waals surface area contributed by atoms with E-state index in [1.165, 1.54) is 11.3 Å². The molecule has 0 bridgehead atoms. The third-order valence-electron chi connectivity index (χ3n) is 4.58. The molecule has 3 aromatic heterocycles. The number of anilines is 1. The summed E-state index contributed by atoms with van der Waals surface area (Å²) in [6, 6.07) is 3.58. The Morgan fingerprint density at radius 3 is 2.93 bits per heavy atom. The summed E-state index contributed by atoms with van der Waals surface area (Å²) in [5.74, 6) is -0.472. The number of carbonyl (C=O) groups is 2. The maximum absolute atomic E-state index is 15.5. The number of rotatable bonds is 7. The monoisotopic (exact) mass is 444 g/mol. The van der Waals surface area contributed by atoms with E-state index in [1.807, 2.05) is 6.92 Å². The summed E-state index contributed by atoms with van der Waals surface area (Å²) in [4.78, 5) is 32.3. The van der Waals surface area contributed by atoms with Gasteiger partial charge in [-0.15, -0.1) is 11.8 Å². The number of nitrogens with zero attached hydrogens (tertiary/aromatic N) is 3. The van der Waals surface area contributed by atoms with Crippen LogP contribution < -0.4 is 10.6 Å². The number of thiazole rings is 1. The highest BCUT2D eigenvalue weighted by molar-refractivity contribution is 8.00. The van der Waals surface area contributed by atoms with Crippen LogP contribution in [-0.4, -0.2) is 45.3 Å². The first-order valence-electron chi connectivity index (χ1n) is 9.06. The first-order chi connectivity index (χ1) is 14.6. The number of fused-ring (bicyclic) bond motifs is 2. The molecular formula is C19H17FN6O2S2. The molecule has 0 fully saturated rings. The predicted molar refractivity (Wildman–Crippen MR) is 116 cm³/mol. The number of H-pyrrole nitrogens is 1. The molecule has 11 heteroatoms. The summed E-state index contributed by atoms with van der Waals surface area (Å²) in [6.07, 6.45) is 2.65. The number of halogens is 1. The lowest BCUT2D eigenvalue weighted by Crippen LogP contribution is -2.19. The third kappa shape index (κ3) is 3.50. The standard InChI is InChI=1S/C19H17FN6O2S2/c1-3-9-14(11-4-5-12-18(24-11)30-19(25-12)22-8-27)10-6-23-26-16(10)17(15(9)20)29-7-13(28)21-2/h4-6,8H,3,7H2,1-2H3,(H,21,28)(H,23,26)(H,22,25,27). The SMILES string of the molecule is CCc1c(F)c(SCC(=O)NC)c2[nH]ncc2c1-c1ccc2nc(NC=O)sc2n1. The topological polar surface area (TPSA) is 113 Å². The number of amides is 2. The van der Waals surface area contributed by atoms with Gasteiger partial charge in [-0.2, -0.15) is 5.10 Å². The van der Waals surface area contributed by atoms with Gasteiger partial charge in [0.05, 0.1) is 28.1 Å². The number of benzene rings is 1. The molecule has 0 spiro atoms. The van der Waals surface area contributed by atoms with Crippen molar-refractivity contribution >= 4 is 61.8 Å². The van der Waals surface area contributed by atoms with E-state index in [0.717, 1.165) is 17.1 Å². The minimum Gasteiger partial charge on any atom is -0.358 e. The molecule has 0 aliphatic heterocycles. The highest BCUT2D eigenvalue weighted by atomic mass is 32.2. The Labute approximate surface area is 178 Å². The van der Waals surface area contributed by atoms with Crippen molar-refractivity contribution in [1.82, 2.24) is 25.5 Å². The van der Waals surface area contributed by atoms with Crippen molar-refractivity contribution in [2.24, 2.45) is 0 Å². The lowest BCUT2D eigenvalue weighted by atomic mass is 9.97. The van der Waals surface area contributed by atoms with Crippen molar-refractivity contribution in [1.29, 1.82) is 0 Å². The number of nitrogens with one attached hydrogen (secondary N) is 3. The van der Waals surface area contributed by atoms with Gasteiger partial charge in [0.2, 0.25) is 12.3 Å². The molecule has 30 heavy (non-hydrogen) atoms. The average Bonchev–Trinajstić information content (AvgIpc) is 3.38. The van der Waals surface area contributed by atoms with Crippen LogP contribution in [0.4, 0.5) is 9.52 Å². The van der Waals surface area contributed by atoms with E-state index in [4.69, 9.17) is 0 Å². The summed E-state index contributed by atoms with van der Waals surface area (Å²) in [7, 11) is 1.54. The average molecular weight is 445 g/mol. The van der Waals surface area contributed by atoms with Crippen LogP contribution in [0.25, 0.3) is 32.5 Å². The van der Waals surface area contributed by atoms with E-state index in [2.05, 4.69) is 30.8 Å². The van der Waals surface area contributed by atoms with Crippen LogP contribution in [0.2, 0.25) is 0 Å². The van der Waals surface area contributed by atoms with Crippen molar-refractivity contribution in [3.63, 3.8) is 0 Å². The number of thioether (sulfide) groups is 1. The van der Waals surface area contributed by atoms with Gasteiger partial charge in [0, 0.05) is 18.0 Å². The first kappa shape index (κ1) is 20.2. The molecule has 154 valence electrons. The molecule has 0 saturated heterocycles. The fourth-order valence-corrected chi connectivity index (χ4v) is 4.97. The van der Waals surface area contributed by atoms with Gasteiger partial charge in [-0.3, -0.25) is 14.7 Å². The minimum absolute atomic E-state index is 0.0988. The Morgan fingerprint density at radius 2 is 2.20 bits per heavy atom. The Hall–Kier alpha value is -3.05. The third-order valence-corrected chi connectivity index (χ3v) is 6.55. The van der Waals surface area contributed by atoms with Gasteiger partial charge < -0.3 is 10.6 Å². The zero-order valence-electron chi connectivity index (χ0n) is 16.1. The Kier molecular flexibility index (Phi) is 5.64. The first-order valence-corrected chi connectivity index (χ1v) is 10.9. The summed E-state index contributed by atoms with van der Waals surface area (Å²) >= 11 is 2.37. The number of aromatic amines is 1. The van der Waals surface area contributed by atoms with E-state index in [0.29, 0.717) is 55.5 Å². The van der Waals surface area contributed by atoms with Crippen molar-refractivity contribution < 1.29 is 14.0 Å². The zero-order valence-corrected chi connectivity index (χ0v) is 17.7. The molecular weight excluding hydrogens is 427 g/mol. The maximum Gasteiger partial charge on any atom is 0.230 e. The molecule has 0 saturated carbocycles. The van der Waals surface area contributed by atoms with Crippen molar-refractivity contribution in [2.45, 2.75) is 18.2 Å². The zero-order chi connectivity index (χ0) is 21.3. The fraction of sp³-hybridized carbons (Fsp3) is 0.211. The van der Waals surface area contributed by atoms with Crippen molar-refractivity contribution in [3.05, 3.63) is 29.7 Å². The van der Waals surface area contributed by atoms with Crippen molar-refractivity contribution in [2.75, 3.05) is 18.1 Å². The van der Waals surface area contributed by atoms with E-state index in [-0.39, 0.29) is 17.5 Å². The summed E-state index contributed by atoms with van der Waals surface area (Å²) in [5.41, 5.74) is 2.93. The quantitative estimate of drug-likeness (QED) is 0.298. The van der Waals surface area contributed by atoms with Crippen LogP contribution in [0.5, 0.6) is 0 Å². The second-order valence-corrected chi connectivity index (χ2v) is 8.24.